The van der Waals surface area contributed by atoms with Crippen molar-refractivity contribution in [1.82, 2.24) is 0 Å². The van der Waals surface area contributed by atoms with E-state index in [0.717, 1.165) is 12.8 Å². The first-order chi connectivity index (χ1) is 6.35. The van der Waals surface area contributed by atoms with Crippen LogP contribution in [0.25, 0.3) is 0 Å². The zero-order chi connectivity index (χ0) is 9.94. The van der Waals surface area contributed by atoms with E-state index in [9.17, 15) is 0 Å². The highest BCUT2D eigenvalue weighted by Gasteiger charge is 2.04. The van der Waals surface area contributed by atoms with E-state index in [1.807, 2.05) is 6.92 Å². The summed E-state index contributed by atoms with van der Waals surface area (Å²) in [4.78, 5) is 0. The molecule has 76 valence electrons. The lowest BCUT2D eigenvalue weighted by molar-refractivity contribution is 0.0933. The molecular weight excluding hydrogens is 162 g/mol. The number of nitriles is 1. The predicted molar refractivity (Wildman–Crippen MR) is 54.4 cm³/mol. The summed E-state index contributed by atoms with van der Waals surface area (Å²) in [7, 11) is 0. The third-order valence-electron chi connectivity index (χ3n) is 2.08. The van der Waals surface area contributed by atoms with Gasteiger partial charge in [0, 0.05) is 6.61 Å². The molecule has 0 aliphatic heterocycles. The van der Waals surface area contributed by atoms with Gasteiger partial charge in [-0.05, 0) is 19.8 Å². The van der Waals surface area contributed by atoms with Gasteiger partial charge in [-0.2, -0.15) is 5.26 Å². The summed E-state index contributed by atoms with van der Waals surface area (Å²) in [6.45, 7) is 4.78. The van der Waals surface area contributed by atoms with E-state index in [1.165, 1.54) is 25.7 Å². The molecule has 0 spiro atoms. The molecule has 0 saturated heterocycles. The average Bonchev–Trinajstić information content (AvgIpc) is 2.16. The summed E-state index contributed by atoms with van der Waals surface area (Å²) in [6.07, 6.45) is 6.96. The highest BCUT2D eigenvalue weighted by Crippen LogP contribution is 2.08. The molecule has 0 N–H and O–H groups in total. The van der Waals surface area contributed by atoms with Crippen molar-refractivity contribution in [2.45, 2.75) is 58.5 Å². The molecule has 0 saturated carbocycles. The van der Waals surface area contributed by atoms with Crippen molar-refractivity contribution in [3.63, 3.8) is 0 Å². The van der Waals surface area contributed by atoms with Gasteiger partial charge in [0.05, 0.1) is 6.07 Å². The molecule has 0 aromatic rings. The Kier molecular flexibility index (Phi) is 9.13. The number of nitrogens with zero attached hydrogens (tertiary/aromatic N) is 1. The zero-order valence-corrected chi connectivity index (χ0v) is 8.88. The molecule has 0 radical (unpaired) electrons. The molecule has 1 unspecified atom stereocenters. The average molecular weight is 183 g/mol. The van der Waals surface area contributed by atoms with Crippen LogP contribution in [0.1, 0.15) is 52.4 Å². The molecule has 2 heteroatoms. The highest BCUT2D eigenvalue weighted by atomic mass is 16.5. The van der Waals surface area contributed by atoms with Crippen LogP contribution in [0.5, 0.6) is 0 Å². The van der Waals surface area contributed by atoms with Gasteiger partial charge < -0.3 is 4.74 Å². The summed E-state index contributed by atoms with van der Waals surface area (Å²) in [5.74, 6) is 0. The standard InChI is InChI=1S/C11H21NO/c1-3-5-6-7-8-9-11(10-12)13-4-2/h11H,3-9H2,1-2H3. The quantitative estimate of drug-likeness (QED) is 0.541. The van der Waals surface area contributed by atoms with Crippen molar-refractivity contribution < 1.29 is 4.74 Å². The Hall–Kier alpha value is -0.550. The van der Waals surface area contributed by atoms with E-state index < -0.39 is 0 Å². The second-order valence-electron chi connectivity index (χ2n) is 3.28. The number of rotatable bonds is 8. The van der Waals surface area contributed by atoms with Gasteiger partial charge in [0.1, 0.15) is 6.10 Å². The Balaban J connectivity index is 3.24. The number of hydrogen-bond donors (Lipinski definition) is 0. The van der Waals surface area contributed by atoms with Crippen molar-refractivity contribution in [3.8, 4) is 6.07 Å². The van der Waals surface area contributed by atoms with Gasteiger partial charge in [0.15, 0.2) is 0 Å². The molecule has 0 heterocycles. The highest BCUT2D eigenvalue weighted by molar-refractivity contribution is 4.83. The van der Waals surface area contributed by atoms with Gasteiger partial charge in [-0.25, -0.2) is 0 Å². The maximum atomic E-state index is 8.68. The molecule has 0 fully saturated rings. The van der Waals surface area contributed by atoms with Crippen LogP contribution < -0.4 is 0 Å². The van der Waals surface area contributed by atoms with Crippen molar-refractivity contribution in [3.05, 3.63) is 0 Å². The van der Waals surface area contributed by atoms with Crippen LogP contribution >= 0.6 is 0 Å². The Labute approximate surface area is 81.9 Å². The second kappa shape index (κ2) is 9.54. The lowest BCUT2D eigenvalue weighted by Crippen LogP contribution is -2.09. The van der Waals surface area contributed by atoms with Gasteiger partial charge >= 0.3 is 0 Å². The summed E-state index contributed by atoms with van der Waals surface area (Å²) in [6, 6.07) is 2.17. The van der Waals surface area contributed by atoms with Crippen LogP contribution in [0.15, 0.2) is 0 Å². The van der Waals surface area contributed by atoms with Crippen LogP contribution in [0.2, 0.25) is 0 Å². The predicted octanol–water partition coefficient (Wildman–Crippen LogP) is 3.28. The first kappa shape index (κ1) is 12.4. The summed E-state index contributed by atoms with van der Waals surface area (Å²) >= 11 is 0. The normalized spacial score (nSPS) is 12.4. The molecular formula is C11H21NO. The molecule has 0 aliphatic rings. The monoisotopic (exact) mass is 183 g/mol. The van der Waals surface area contributed by atoms with E-state index in [-0.39, 0.29) is 6.10 Å². The van der Waals surface area contributed by atoms with Crippen molar-refractivity contribution in [2.75, 3.05) is 6.61 Å². The molecule has 13 heavy (non-hydrogen) atoms. The van der Waals surface area contributed by atoms with Crippen molar-refractivity contribution in [1.29, 1.82) is 5.26 Å². The molecule has 2 nitrogen and oxygen atoms in total. The van der Waals surface area contributed by atoms with E-state index in [4.69, 9.17) is 10.00 Å². The molecule has 0 bridgehead atoms. The molecule has 0 aromatic heterocycles. The fourth-order valence-electron chi connectivity index (χ4n) is 1.32. The zero-order valence-electron chi connectivity index (χ0n) is 8.88. The topological polar surface area (TPSA) is 33.0 Å². The van der Waals surface area contributed by atoms with Crippen LogP contribution in [0, 0.1) is 11.3 Å². The van der Waals surface area contributed by atoms with Crippen LogP contribution in [-0.2, 0) is 4.74 Å². The van der Waals surface area contributed by atoms with Gasteiger partial charge in [0.25, 0.3) is 0 Å². The first-order valence-corrected chi connectivity index (χ1v) is 5.36. The fraction of sp³-hybridized carbons (Fsp3) is 0.909. The van der Waals surface area contributed by atoms with Gasteiger partial charge in [0.2, 0.25) is 0 Å². The van der Waals surface area contributed by atoms with Gasteiger partial charge in [-0.3, -0.25) is 0 Å². The number of unbranched alkanes of at least 4 members (excludes halogenated alkanes) is 4. The smallest absolute Gasteiger partial charge is 0.143 e. The SMILES string of the molecule is CCCCCCCC(C#N)OCC. The summed E-state index contributed by atoms with van der Waals surface area (Å²) in [5.41, 5.74) is 0. The van der Waals surface area contributed by atoms with Gasteiger partial charge in [-0.15, -0.1) is 0 Å². The molecule has 0 amide bonds. The third kappa shape index (κ3) is 7.80. The molecule has 0 aromatic carbocycles. The maximum absolute atomic E-state index is 8.68. The van der Waals surface area contributed by atoms with Crippen LogP contribution in [0.4, 0.5) is 0 Å². The molecule has 0 rings (SSSR count). The number of ether oxygens (including phenoxy) is 1. The minimum Gasteiger partial charge on any atom is -0.364 e. The summed E-state index contributed by atoms with van der Waals surface area (Å²) in [5, 5.41) is 8.68. The Morgan fingerprint density at radius 3 is 2.38 bits per heavy atom. The number of hydrogen-bond acceptors (Lipinski definition) is 2. The van der Waals surface area contributed by atoms with Crippen molar-refractivity contribution in [2.24, 2.45) is 0 Å². The lowest BCUT2D eigenvalue weighted by Gasteiger charge is -2.07. The summed E-state index contributed by atoms with van der Waals surface area (Å²) < 4.78 is 5.24. The molecule has 0 aliphatic carbocycles. The maximum Gasteiger partial charge on any atom is 0.143 e. The van der Waals surface area contributed by atoms with Gasteiger partial charge in [-0.1, -0.05) is 32.6 Å². The van der Waals surface area contributed by atoms with Crippen molar-refractivity contribution >= 4 is 0 Å². The second-order valence-corrected chi connectivity index (χ2v) is 3.28. The molecule has 1 atom stereocenters. The van der Waals surface area contributed by atoms with Crippen LogP contribution in [-0.4, -0.2) is 12.7 Å². The lowest BCUT2D eigenvalue weighted by atomic mass is 10.1. The minimum absolute atomic E-state index is 0.174. The van der Waals surface area contributed by atoms with E-state index in [1.54, 1.807) is 0 Å². The van der Waals surface area contributed by atoms with E-state index >= 15 is 0 Å². The Morgan fingerprint density at radius 1 is 1.15 bits per heavy atom. The van der Waals surface area contributed by atoms with E-state index in [2.05, 4.69) is 13.0 Å². The van der Waals surface area contributed by atoms with E-state index in [0.29, 0.717) is 6.61 Å². The van der Waals surface area contributed by atoms with Crippen LogP contribution in [0.3, 0.4) is 0 Å². The largest absolute Gasteiger partial charge is 0.364 e. The minimum atomic E-state index is -0.174. The fourth-order valence-corrected chi connectivity index (χ4v) is 1.32. The Bertz CT molecular complexity index is 140. The first-order valence-electron chi connectivity index (χ1n) is 5.36. The Morgan fingerprint density at radius 2 is 1.85 bits per heavy atom. The third-order valence-corrected chi connectivity index (χ3v) is 2.08.